The van der Waals surface area contributed by atoms with Crippen molar-refractivity contribution in [2.45, 2.75) is 105 Å². The first-order chi connectivity index (χ1) is 14.9. The molecule has 0 aromatic rings. The van der Waals surface area contributed by atoms with Gasteiger partial charge in [-0.05, 0) is 51.5 Å². The first-order valence-corrected chi connectivity index (χ1v) is 12.2. The number of hydrogen-bond acceptors (Lipinski definition) is 4. The molecule has 0 aromatic heterocycles. The molecule has 0 bridgehead atoms. The van der Waals surface area contributed by atoms with Crippen molar-refractivity contribution in [1.29, 1.82) is 0 Å². The molecule has 7 heteroatoms. The third-order valence-electron chi connectivity index (χ3n) is 6.59. The number of rotatable bonds is 11. The van der Waals surface area contributed by atoms with Gasteiger partial charge in [0.2, 0.25) is 11.8 Å². The normalized spacial score (nSPS) is 20.7. The molecule has 2 N–H and O–H groups in total. The maximum atomic E-state index is 13.4. The fraction of sp³-hybridized carbons (Fsp3) is 0.800. The Kier molecular flexibility index (Phi) is 11.4. The Morgan fingerprint density at radius 3 is 2.25 bits per heavy atom. The van der Waals surface area contributed by atoms with Crippen LogP contribution in [0, 0.1) is 11.8 Å². The number of piperidine rings is 1. The second kappa shape index (κ2) is 13.0. The lowest BCUT2D eigenvalue weighted by Gasteiger charge is -2.40. The van der Waals surface area contributed by atoms with E-state index >= 15 is 0 Å². The Bertz CT molecular complexity index is 674. The molecule has 1 saturated heterocycles. The predicted octanol–water partition coefficient (Wildman–Crippen LogP) is 3.68. The van der Waals surface area contributed by atoms with Gasteiger partial charge in [0.15, 0.2) is 0 Å². The van der Waals surface area contributed by atoms with E-state index in [0.29, 0.717) is 6.04 Å². The number of carbonyl (C=O) groups excluding carboxylic acids is 2. The van der Waals surface area contributed by atoms with E-state index in [4.69, 9.17) is 0 Å². The summed E-state index contributed by atoms with van der Waals surface area (Å²) >= 11 is 0. The minimum absolute atomic E-state index is 0.0329. The highest BCUT2D eigenvalue weighted by Gasteiger charge is 2.36. The molecule has 1 heterocycles. The van der Waals surface area contributed by atoms with Gasteiger partial charge in [-0.25, -0.2) is 4.79 Å². The smallest absolute Gasteiger partial charge is 0.331 e. The topological polar surface area (TPSA) is 90.0 Å². The van der Waals surface area contributed by atoms with Gasteiger partial charge in [0.05, 0.1) is 12.1 Å². The van der Waals surface area contributed by atoms with Crippen LogP contribution in [0.25, 0.3) is 0 Å². The highest BCUT2D eigenvalue weighted by atomic mass is 16.4. The summed E-state index contributed by atoms with van der Waals surface area (Å²) in [6.07, 6.45) is 6.66. The second-order valence-electron chi connectivity index (χ2n) is 9.96. The summed E-state index contributed by atoms with van der Waals surface area (Å²) < 4.78 is 0. The molecule has 2 unspecified atom stereocenters. The molecule has 32 heavy (non-hydrogen) atoms. The summed E-state index contributed by atoms with van der Waals surface area (Å²) in [6.45, 7) is 14.6. The van der Waals surface area contributed by atoms with Gasteiger partial charge in [-0.3, -0.25) is 14.5 Å². The zero-order chi connectivity index (χ0) is 24.6. The fourth-order valence-electron chi connectivity index (χ4n) is 4.55. The molecule has 0 saturated carbocycles. The van der Waals surface area contributed by atoms with E-state index in [2.05, 4.69) is 24.1 Å². The van der Waals surface area contributed by atoms with Gasteiger partial charge in [-0.2, -0.15) is 0 Å². The first-order valence-electron chi connectivity index (χ1n) is 12.2. The van der Waals surface area contributed by atoms with Crippen LogP contribution in [0.5, 0.6) is 0 Å². The molecular formula is C25H45N3O4. The number of carbonyl (C=O) groups is 3. The number of likely N-dealkylation sites (tertiary alicyclic amines) is 1. The largest absolute Gasteiger partial charge is 0.478 e. The summed E-state index contributed by atoms with van der Waals surface area (Å²) in [4.78, 5) is 41.9. The Morgan fingerprint density at radius 1 is 1.12 bits per heavy atom. The highest BCUT2D eigenvalue weighted by Crippen LogP contribution is 2.23. The van der Waals surface area contributed by atoms with Crippen molar-refractivity contribution in [1.82, 2.24) is 15.1 Å². The van der Waals surface area contributed by atoms with Crippen LogP contribution in [0.15, 0.2) is 11.6 Å². The highest BCUT2D eigenvalue weighted by molar-refractivity contribution is 5.90. The molecule has 1 rings (SSSR count). The lowest BCUT2D eigenvalue weighted by Crippen LogP contribution is -2.59. The summed E-state index contributed by atoms with van der Waals surface area (Å²) in [7, 11) is 1.69. The van der Waals surface area contributed by atoms with Crippen LogP contribution in [-0.4, -0.2) is 70.4 Å². The fourth-order valence-corrected chi connectivity index (χ4v) is 4.55. The molecule has 184 valence electrons. The molecular weight excluding hydrogens is 406 g/mol. The van der Waals surface area contributed by atoms with Gasteiger partial charge in [0.25, 0.3) is 0 Å². The van der Waals surface area contributed by atoms with E-state index in [-0.39, 0.29) is 41.3 Å². The number of nitrogens with zero attached hydrogens (tertiary/aromatic N) is 2. The standard InChI is InChI=1S/C25H45N3O4/c1-9-12-19(7)28-14-11-10-13-20(28)23(29)26-22(17(4)5)24(30)27(8)21(16(2)3)15-18(6)25(31)32/h15-17,19-22H,9-14H2,1-8H3,(H,26,29)(H,31,32)/b18-15+/t19?,20?,21-,22+/m1/s1. The van der Waals surface area contributed by atoms with E-state index in [9.17, 15) is 19.5 Å². The number of likely N-dealkylation sites (N-methyl/N-ethyl adjacent to an activating group) is 1. The Morgan fingerprint density at radius 2 is 1.75 bits per heavy atom. The average Bonchev–Trinajstić information content (AvgIpc) is 2.74. The molecule has 0 radical (unpaired) electrons. The van der Waals surface area contributed by atoms with Gasteiger partial charge in [-0.1, -0.05) is 53.5 Å². The lowest BCUT2D eigenvalue weighted by molar-refractivity contribution is -0.140. The van der Waals surface area contributed by atoms with Crippen LogP contribution in [0.4, 0.5) is 0 Å². The number of hydrogen-bond donors (Lipinski definition) is 2. The van der Waals surface area contributed by atoms with E-state index in [1.807, 2.05) is 27.7 Å². The van der Waals surface area contributed by atoms with Crippen LogP contribution < -0.4 is 5.32 Å². The minimum Gasteiger partial charge on any atom is -0.478 e. The van der Waals surface area contributed by atoms with Crippen LogP contribution in [0.2, 0.25) is 0 Å². The summed E-state index contributed by atoms with van der Waals surface area (Å²) in [5, 5.41) is 12.3. The van der Waals surface area contributed by atoms with Crippen molar-refractivity contribution in [3.63, 3.8) is 0 Å². The zero-order valence-corrected chi connectivity index (χ0v) is 21.4. The summed E-state index contributed by atoms with van der Waals surface area (Å²) in [6, 6.07) is -0.897. The Balaban J connectivity index is 3.06. The molecule has 1 aliphatic heterocycles. The second-order valence-corrected chi connectivity index (χ2v) is 9.96. The van der Waals surface area contributed by atoms with E-state index in [1.165, 1.54) is 6.92 Å². The van der Waals surface area contributed by atoms with Crippen molar-refractivity contribution in [3.05, 3.63) is 11.6 Å². The Labute approximate surface area is 194 Å². The van der Waals surface area contributed by atoms with Crippen molar-refractivity contribution in [2.75, 3.05) is 13.6 Å². The first kappa shape index (κ1) is 28.1. The van der Waals surface area contributed by atoms with Crippen LogP contribution >= 0.6 is 0 Å². The third kappa shape index (κ3) is 7.61. The van der Waals surface area contributed by atoms with Gasteiger partial charge in [-0.15, -0.1) is 0 Å². The summed E-state index contributed by atoms with van der Waals surface area (Å²) in [5.41, 5.74) is 0.205. The predicted molar refractivity (Wildman–Crippen MR) is 128 cm³/mol. The molecule has 0 aliphatic carbocycles. The number of aliphatic carboxylic acids is 1. The number of amides is 2. The van der Waals surface area contributed by atoms with Crippen molar-refractivity contribution in [3.8, 4) is 0 Å². The number of nitrogens with one attached hydrogen (secondary N) is 1. The summed E-state index contributed by atoms with van der Waals surface area (Å²) in [5.74, 6) is -1.32. The van der Waals surface area contributed by atoms with Gasteiger partial charge in [0, 0.05) is 18.7 Å². The SMILES string of the molecule is CCCC(C)N1CCCCC1C(=O)N[C@H](C(=O)N(C)[C@H](/C=C(\C)C(=O)O)C(C)C)C(C)C. The van der Waals surface area contributed by atoms with Gasteiger partial charge in [0.1, 0.15) is 6.04 Å². The van der Waals surface area contributed by atoms with Crippen molar-refractivity contribution in [2.24, 2.45) is 11.8 Å². The van der Waals surface area contributed by atoms with Crippen LogP contribution in [0.3, 0.4) is 0 Å². The molecule has 1 fully saturated rings. The monoisotopic (exact) mass is 451 g/mol. The maximum Gasteiger partial charge on any atom is 0.331 e. The van der Waals surface area contributed by atoms with Gasteiger partial charge < -0.3 is 15.3 Å². The molecule has 7 nitrogen and oxygen atoms in total. The molecule has 0 spiro atoms. The molecule has 0 aromatic carbocycles. The van der Waals surface area contributed by atoms with Gasteiger partial charge >= 0.3 is 5.97 Å². The quantitative estimate of drug-likeness (QED) is 0.468. The van der Waals surface area contributed by atoms with Crippen molar-refractivity contribution < 1.29 is 19.5 Å². The van der Waals surface area contributed by atoms with E-state index in [1.54, 1.807) is 18.0 Å². The molecule has 4 atom stereocenters. The average molecular weight is 452 g/mol. The molecule has 2 amide bonds. The van der Waals surface area contributed by atoms with Crippen LogP contribution in [0.1, 0.15) is 80.6 Å². The maximum absolute atomic E-state index is 13.4. The zero-order valence-electron chi connectivity index (χ0n) is 21.4. The van der Waals surface area contributed by atoms with Crippen molar-refractivity contribution >= 4 is 17.8 Å². The minimum atomic E-state index is -0.996. The van der Waals surface area contributed by atoms with Crippen LogP contribution in [-0.2, 0) is 14.4 Å². The molecule has 1 aliphatic rings. The number of carboxylic acid groups (broad SMARTS) is 1. The Hall–Kier alpha value is -1.89. The lowest BCUT2D eigenvalue weighted by atomic mass is 9.95. The van der Waals surface area contributed by atoms with E-state index < -0.39 is 12.0 Å². The third-order valence-corrected chi connectivity index (χ3v) is 6.59. The van der Waals surface area contributed by atoms with E-state index in [0.717, 1.165) is 38.6 Å². The number of carboxylic acids is 1.